The number of benzene rings is 3. The molecule has 3 aromatic heterocycles. The number of fused-ring (bicyclic) bond motifs is 2. The molecular weight excluding hydrogens is 573 g/mol. The van der Waals surface area contributed by atoms with Crippen LogP contribution in [0.25, 0.3) is 44.3 Å². The largest absolute Gasteiger partial charge is 0.574 e. The van der Waals surface area contributed by atoms with Crippen molar-refractivity contribution in [3.63, 3.8) is 0 Å². The van der Waals surface area contributed by atoms with E-state index in [0.29, 0.717) is 0 Å². The summed E-state index contributed by atoms with van der Waals surface area (Å²) in [5.41, 5.74) is 4.75. The molecule has 3 aromatic carbocycles. The van der Waals surface area contributed by atoms with Gasteiger partial charge in [0.1, 0.15) is 0 Å². The molecule has 3 heterocycles. The van der Waals surface area contributed by atoms with Crippen molar-refractivity contribution in [2.75, 3.05) is 0 Å². The Hall–Kier alpha value is -3.66. The van der Waals surface area contributed by atoms with E-state index in [1.165, 1.54) is 10.8 Å². The van der Waals surface area contributed by atoms with E-state index in [2.05, 4.69) is 69.8 Å². The zero-order chi connectivity index (χ0) is 20.9. The summed E-state index contributed by atoms with van der Waals surface area (Å²) in [6.45, 7) is 0. The molecule has 1 radical (unpaired) electrons. The molecule has 0 aliphatic heterocycles. The van der Waals surface area contributed by atoms with Crippen LogP contribution in [0.3, 0.4) is 0 Å². The Morgan fingerprint density at radius 2 is 1.47 bits per heavy atom. The van der Waals surface area contributed by atoms with Crippen LogP contribution in [0.15, 0.2) is 109 Å². The summed E-state index contributed by atoms with van der Waals surface area (Å²) in [6, 6.07) is 35.6. The zero-order valence-electron chi connectivity index (χ0n) is 17.0. The fraction of sp³-hybridized carbons (Fsp3) is 0. The number of rotatable bonds is 2. The van der Waals surface area contributed by atoms with Crippen LogP contribution in [0, 0.1) is 6.07 Å². The molecular formula is C27H18IrN4-2. The van der Waals surface area contributed by atoms with Crippen LogP contribution < -0.4 is 5.10 Å². The Morgan fingerprint density at radius 1 is 0.656 bits per heavy atom. The van der Waals surface area contributed by atoms with Gasteiger partial charge in [0.2, 0.25) is 0 Å². The minimum Gasteiger partial charge on any atom is -0.574 e. The van der Waals surface area contributed by atoms with Gasteiger partial charge in [-0.3, -0.25) is 9.97 Å². The molecule has 4 nitrogen and oxygen atoms in total. The second-order valence-electron chi connectivity index (χ2n) is 6.96. The Balaban J connectivity index is 0.000000174. The molecule has 0 N–H and O–H groups in total. The standard InChI is InChI=1S/C19H12N.C8H6N3.Ir/c1-3-9-16-14(6-1)8-5-10-17(16)19-13-12-15-7-2-4-11-18(15)20-19;1-2-5-9-7(3-1)8-4-6-10-11-8;/h1-9,11-13H;1-6H;/q2*-1;. The van der Waals surface area contributed by atoms with Crippen molar-refractivity contribution in [3.05, 3.63) is 116 Å². The molecule has 0 aliphatic rings. The number of hydrogen-bond donors (Lipinski definition) is 0. The third-order valence-electron chi connectivity index (χ3n) is 4.97. The van der Waals surface area contributed by atoms with E-state index in [-0.39, 0.29) is 20.1 Å². The molecule has 0 atom stereocenters. The van der Waals surface area contributed by atoms with Gasteiger partial charge in [-0.25, -0.2) is 0 Å². The summed E-state index contributed by atoms with van der Waals surface area (Å²) < 4.78 is 0. The van der Waals surface area contributed by atoms with Crippen LogP contribution in [0.2, 0.25) is 0 Å². The van der Waals surface area contributed by atoms with Crippen LogP contribution in [0.1, 0.15) is 0 Å². The number of nitrogens with zero attached hydrogens (tertiary/aromatic N) is 4. The van der Waals surface area contributed by atoms with Crippen molar-refractivity contribution in [3.8, 4) is 22.6 Å². The van der Waals surface area contributed by atoms with Crippen molar-refractivity contribution in [2.45, 2.75) is 0 Å². The Morgan fingerprint density at radius 3 is 2.28 bits per heavy atom. The topological polar surface area (TPSA) is 52.8 Å². The molecule has 6 rings (SSSR count). The van der Waals surface area contributed by atoms with Gasteiger partial charge in [0.15, 0.2) is 0 Å². The monoisotopic (exact) mass is 591 g/mol. The molecule has 0 amide bonds. The normalized spacial score (nSPS) is 10.2. The first-order chi connectivity index (χ1) is 15.4. The van der Waals surface area contributed by atoms with Crippen molar-refractivity contribution in [1.82, 2.24) is 20.2 Å². The van der Waals surface area contributed by atoms with E-state index in [0.717, 1.165) is 33.5 Å². The minimum absolute atomic E-state index is 0. The summed E-state index contributed by atoms with van der Waals surface area (Å²) in [5, 5.41) is 11.2. The van der Waals surface area contributed by atoms with Crippen molar-refractivity contribution in [1.29, 1.82) is 0 Å². The molecule has 0 spiro atoms. The molecule has 32 heavy (non-hydrogen) atoms. The van der Waals surface area contributed by atoms with Crippen LogP contribution in [-0.4, -0.2) is 15.1 Å². The summed E-state index contributed by atoms with van der Waals surface area (Å²) >= 11 is 0. The molecule has 0 aliphatic carbocycles. The Labute approximate surface area is 199 Å². The van der Waals surface area contributed by atoms with Crippen molar-refractivity contribution >= 4 is 21.7 Å². The first-order valence-corrected chi connectivity index (χ1v) is 10.00. The van der Waals surface area contributed by atoms with Gasteiger partial charge < -0.3 is 10.2 Å². The SMILES string of the molecule is [Ir].[c-]1ccc2ccccc2c1-c1ccc2ccccc2n1.c1ccc(-c2ccn[n-]2)nc1. The van der Waals surface area contributed by atoms with E-state index < -0.39 is 0 Å². The van der Waals surface area contributed by atoms with Gasteiger partial charge in [-0.05, 0) is 29.3 Å². The fourth-order valence-corrected chi connectivity index (χ4v) is 3.46. The summed E-state index contributed by atoms with van der Waals surface area (Å²) in [5.74, 6) is 0. The summed E-state index contributed by atoms with van der Waals surface area (Å²) in [7, 11) is 0. The molecule has 157 valence electrons. The Kier molecular flexibility index (Phi) is 6.81. The molecule has 0 fully saturated rings. The maximum Gasteiger partial charge on any atom is 0.0595 e. The number of hydrogen-bond acceptors (Lipinski definition) is 3. The van der Waals surface area contributed by atoms with Crippen LogP contribution in [-0.2, 0) is 20.1 Å². The average molecular weight is 591 g/mol. The first kappa shape index (κ1) is 21.6. The molecule has 0 saturated carbocycles. The van der Waals surface area contributed by atoms with Gasteiger partial charge in [-0.2, -0.15) is 0 Å². The molecule has 0 unspecified atom stereocenters. The van der Waals surface area contributed by atoms with E-state index in [4.69, 9.17) is 4.98 Å². The average Bonchev–Trinajstić information content (AvgIpc) is 3.40. The first-order valence-electron chi connectivity index (χ1n) is 10.00. The maximum atomic E-state index is 4.76. The smallest absolute Gasteiger partial charge is 0.0595 e. The van der Waals surface area contributed by atoms with E-state index in [1.807, 2.05) is 48.5 Å². The predicted molar refractivity (Wildman–Crippen MR) is 124 cm³/mol. The van der Waals surface area contributed by atoms with Crippen LogP contribution in [0.5, 0.6) is 0 Å². The van der Waals surface area contributed by atoms with E-state index in [9.17, 15) is 0 Å². The van der Waals surface area contributed by atoms with Crippen molar-refractivity contribution < 1.29 is 20.1 Å². The molecule has 6 aromatic rings. The van der Waals surface area contributed by atoms with Crippen molar-refractivity contribution in [2.24, 2.45) is 0 Å². The number of para-hydroxylation sites is 1. The minimum atomic E-state index is 0. The summed E-state index contributed by atoms with van der Waals surface area (Å²) in [6.07, 6.45) is 3.40. The predicted octanol–water partition coefficient (Wildman–Crippen LogP) is 5.95. The van der Waals surface area contributed by atoms with Crippen LogP contribution in [0.4, 0.5) is 0 Å². The van der Waals surface area contributed by atoms with E-state index >= 15 is 0 Å². The van der Waals surface area contributed by atoms with Gasteiger partial charge in [-0.1, -0.05) is 77.8 Å². The summed E-state index contributed by atoms with van der Waals surface area (Å²) in [4.78, 5) is 8.88. The van der Waals surface area contributed by atoms with Gasteiger partial charge in [0.25, 0.3) is 0 Å². The quantitative estimate of drug-likeness (QED) is 0.234. The molecule has 5 heteroatoms. The fourth-order valence-electron chi connectivity index (χ4n) is 3.46. The van der Waals surface area contributed by atoms with Gasteiger partial charge >= 0.3 is 0 Å². The van der Waals surface area contributed by atoms with Gasteiger partial charge in [0, 0.05) is 38.2 Å². The number of pyridine rings is 2. The van der Waals surface area contributed by atoms with Gasteiger partial charge in [0.05, 0.1) is 5.52 Å². The third kappa shape index (κ3) is 4.65. The van der Waals surface area contributed by atoms with E-state index in [1.54, 1.807) is 12.4 Å². The second kappa shape index (κ2) is 10.1. The van der Waals surface area contributed by atoms with Gasteiger partial charge in [-0.15, -0.1) is 29.1 Å². The van der Waals surface area contributed by atoms with Crippen LogP contribution >= 0.6 is 0 Å². The molecule has 0 bridgehead atoms. The second-order valence-corrected chi connectivity index (χ2v) is 6.96. The third-order valence-corrected chi connectivity index (χ3v) is 4.97. The Bertz CT molecular complexity index is 1430. The molecule has 0 saturated heterocycles. The zero-order valence-corrected chi connectivity index (χ0v) is 19.4. The number of aromatic nitrogens is 4. The maximum absolute atomic E-state index is 4.76.